The van der Waals surface area contributed by atoms with Crippen LogP contribution < -0.4 is 10.3 Å². The number of pyridine rings is 1. The molecule has 1 saturated carbocycles. The van der Waals surface area contributed by atoms with Crippen LogP contribution in [0.5, 0.6) is 5.88 Å². The van der Waals surface area contributed by atoms with Crippen LogP contribution in [0.25, 0.3) is 22.3 Å². The SMILES string of the molecule is CCn1c(=O)ccc2c1c(-c1cc(OC3CCCCC3)nc(C)n1)cn2C(CO)CO.FC(F)F. The maximum absolute atomic E-state index is 12.6. The number of aryl methyl sites for hydroxylation is 2. The highest BCUT2D eigenvalue weighted by atomic mass is 19.4. The molecule has 1 fully saturated rings. The van der Waals surface area contributed by atoms with Crippen molar-refractivity contribution in [2.24, 2.45) is 0 Å². The number of nitrogens with zero attached hydrogens (tertiary/aromatic N) is 4. The summed E-state index contributed by atoms with van der Waals surface area (Å²) in [7, 11) is 0. The van der Waals surface area contributed by atoms with E-state index in [9.17, 15) is 28.2 Å². The first-order chi connectivity index (χ1) is 16.8. The maximum atomic E-state index is 12.6. The zero-order valence-corrected chi connectivity index (χ0v) is 19.8. The van der Waals surface area contributed by atoms with Gasteiger partial charge in [0.2, 0.25) is 5.88 Å². The van der Waals surface area contributed by atoms with Gasteiger partial charge in [0, 0.05) is 30.4 Å². The van der Waals surface area contributed by atoms with Crippen LogP contribution in [0.15, 0.2) is 29.2 Å². The lowest BCUT2D eigenvalue weighted by Crippen LogP contribution is -2.20. The van der Waals surface area contributed by atoms with Crippen molar-refractivity contribution in [2.45, 2.75) is 71.3 Å². The smallest absolute Gasteiger partial charge is 0.379 e. The van der Waals surface area contributed by atoms with Gasteiger partial charge in [0.25, 0.3) is 5.56 Å². The fourth-order valence-electron chi connectivity index (χ4n) is 4.46. The molecular formula is C24H31F3N4O4. The van der Waals surface area contributed by atoms with E-state index in [1.165, 1.54) is 25.3 Å². The topological polar surface area (TPSA) is 102 Å². The Bertz CT molecular complexity index is 1170. The molecule has 8 nitrogen and oxygen atoms in total. The third-order valence-corrected chi connectivity index (χ3v) is 6.02. The molecule has 1 aliphatic rings. The van der Waals surface area contributed by atoms with Gasteiger partial charge >= 0.3 is 6.68 Å². The molecule has 0 bridgehead atoms. The van der Waals surface area contributed by atoms with E-state index in [0.29, 0.717) is 23.9 Å². The van der Waals surface area contributed by atoms with Gasteiger partial charge in [-0.3, -0.25) is 4.79 Å². The zero-order chi connectivity index (χ0) is 25.5. The van der Waals surface area contributed by atoms with Crippen LogP contribution in [0, 0.1) is 6.92 Å². The average Bonchev–Trinajstić information content (AvgIpc) is 3.19. The third-order valence-electron chi connectivity index (χ3n) is 6.02. The molecule has 0 aromatic carbocycles. The molecule has 0 saturated heterocycles. The van der Waals surface area contributed by atoms with E-state index in [2.05, 4.69) is 9.97 Å². The van der Waals surface area contributed by atoms with E-state index in [4.69, 9.17) is 4.74 Å². The van der Waals surface area contributed by atoms with Crippen molar-refractivity contribution in [1.29, 1.82) is 0 Å². The Labute approximate surface area is 201 Å². The van der Waals surface area contributed by atoms with E-state index in [0.717, 1.165) is 29.4 Å². The van der Waals surface area contributed by atoms with E-state index < -0.39 is 12.7 Å². The number of fused-ring (bicyclic) bond motifs is 1. The molecule has 0 atom stereocenters. The predicted molar refractivity (Wildman–Crippen MR) is 125 cm³/mol. The lowest BCUT2D eigenvalue weighted by atomic mass is 9.98. The summed E-state index contributed by atoms with van der Waals surface area (Å²) in [4.78, 5) is 21.7. The monoisotopic (exact) mass is 496 g/mol. The highest BCUT2D eigenvalue weighted by Gasteiger charge is 2.22. The van der Waals surface area contributed by atoms with Gasteiger partial charge in [-0.05, 0) is 45.6 Å². The summed E-state index contributed by atoms with van der Waals surface area (Å²) in [6, 6.07) is 4.56. The van der Waals surface area contributed by atoms with Crippen LogP contribution in [0.2, 0.25) is 0 Å². The fraction of sp³-hybridized carbons (Fsp3) is 0.542. The fourth-order valence-corrected chi connectivity index (χ4v) is 4.46. The number of alkyl halides is 3. The number of hydrogen-bond acceptors (Lipinski definition) is 6. The van der Waals surface area contributed by atoms with Crippen molar-refractivity contribution in [3.8, 4) is 17.1 Å². The molecule has 11 heteroatoms. The summed E-state index contributed by atoms with van der Waals surface area (Å²) in [6.07, 6.45) is 7.66. The Morgan fingerprint density at radius 3 is 2.37 bits per heavy atom. The van der Waals surface area contributed by atoms with Gasteiger partial charge in [0.05, 0.1) is 36.0 Å². The Hall–Kier alpha value is -2.92. The summed E-state index contributed by atoms with van der Waals surface area (Å²) < 4.78 is 38.7. The van der Waals surface area contributed by atoms with Gasteiger partial charge in [-0.15, -0.1) is 0 Å². The first-order valence-corrected chi connectivity index (χ1v) is 11.7. The molecule has 1 aliphatic carbocycles. The number of ether oxygens (including phenoxy) is 1. The normalized spacial score (nSPS) is 14.4. The Morgan fingerprint density at radius 1 is 1.11 bits per heavy atom. The molecule has 0 aliphatic heterocycles. The van der Waals surface area contributed by atoms with Crippen LogP contribution in [0.3, 0.4) is 0 Å². The average molecular weight is 497 g/mol. The first kappa shape index (κ1) is 26.7. The summed E-state index contributed by atoms with van der Waals surface area (Å²) in [5.74, 6) is 1.13. The van der Waals surface area contributed by atoms with Crippen LogP contribution in [-0.2, 0) is 6.54 Å². The van der Waals surface area contributed by atoms with Crippen molar-refractivity contribution in [1.82, 2.24) is 19.1 Å². The van der Waals surface area contributed by atoms with Gasteiger partial charge < -0.3 is 24.1 Å². The Balaban J connectivity index is 0.000000795. The zero-order valence-electron chi connectivity index (χ0n) is 19.8. The summed E-state index contributed by atoms with van der Waals surface area (Å²) in [6.45, 7) is 0.132. The van der Waals surface area contributed by atoms with Crippen LogP contribution >= 0.6 is 0 Å². The maximum Gasteiger partial charge on any atom is 0.379 e. The molecule has 3 aromatic rings. The number of hydrogen-bond donors (Lipinski definition) is 2. The van der Waals surface area contributed by atoms with Gasteiger partial charge in [-0.1, -0.05) is 6.42 Å². The largest absolute Gasteiger partial charge is 0.474 e. The Morgan fingerprint density at radius 2 is 1.77 bits per heavy atom. The van der Waals surface area contributed by atoms with Crippen molar-refractivity contribution in [3.63, 3.8) is 0 Å². The third kappa shape index (κ3) is 6.40. The molecular weight excluding hydrogens is 465 g/mol. The lowest BCUT2D eigenvalue weighted by molar-refractivity contribution is 0.00819. The molecule has 3 aromatic heterocycles. The summed E-state index contributed by atoms with van der Waals surface area (Å²) >= 11 is 0. The van der Waals surface area contributed by atoms with Crippen LogP contribution in [-0.4, -0.2) is 55.3 Å². The van der Waals surface area contributed by atoms with Crippen LogP contribution in [0.4, 0.5) is 13.2 Å². The van der Waals surface area contributed by atoms with E-state index in [1.54, 1.807) is 10.6 Å². The standard InChI is InChI=1S/C23H30N4O4.CHF3/c1-3-26-22(30)10-9-20-23(26)18(12-27(20)16(13-28)14-29)19-11-21(25-15(2)24-19)31-17-7-5-4-6-8-17;2-1(3)4/h9-12,16-17,28-29H,3-8,13-14H2,1-2H3;1H. The van der Waals surface area contributed by atoms with Crippen molar-refractivity contribution in [3.05, 3.63) is 40.6 Å². The molecule has 4 rings (SSSR count). The lowest BCUT2D eigenvalue weighted by Gasteiger charge is -2.22. The van der Waals surface area contributed by atoms with E-state index >= 15 is 0 Å². The van der Waals surface area contributed by atoms with Gasteiger partial charge in [-0.2, -0.15) is 18.2 Å². The second-order valence-corrected chi connectivity index (χ2v) is 8.38. The molecule has 2 N–H and O–H groups in total. The van der Waals surface area contributed by atoms with E-state index in [1.807, 2.05) is 30.7 Å². The summed E-state index contributed by atoms with van der Waals surface area (Å²) in [5, 5.41) is 19.6. The van der Waals surface area contributed by atoms with E-state index in [-0.39, 0.29) is 24.9 Å². The molecule has 0 spiro atoms. The van der Waals surface area contributed by atoms with Gasteiger partial charge in [0.15, 0.2) is 0 Å². The predicted octanol–water partition coefficient (Wildman–Crippen LogP) is 4.00. The Kier molecular flexibility index (Phi) is 9.27. The molecule has 192 valence electrons. The summed E-state index contributed by atoms with van der Waals surface area (Å²) in [5.41, 5.74) is 2.78. The molecule has 0 amide bonds. The van der Waals surface area contributed by atoms with Crippen molar-refractivity contribution < 1.29 is 28.1 Å². The molecule has 3 heterocycles. The number of aliphatic hydroxyl groups is 2. The van der Waals surface area contributed by atoms with Crippen LogP contribution in [0.1, 0.15) is 50.9 Å². The molecule has 0 radical (unpaired) electrons. The number of aliphatic hydroxyl groups excluding tert-OH is 2. The minimum atomic E-state index is -3.67. The molecule has 0 unspecified atom stereocenters. The highest BCUT2D eigenvalue weighted by molar-refractivity contribution is 5.92. The number of rotatable bonds is 7. The minimum absolute atomic E-state index is 0.108. The number of halogens is 3. The minimum Gasteiger partial charge on any atom is -0.474 e. The van der Waals surface area contributed by atoms with Gasteiger partial charge in [0.1, 0.15) is 11.9 Å². The number of aromatic nitrogens is 4. The quantitative estimate of drug-likeness (QED) is 0.513. The van der Waals surface area contributed by atoms with Gasteiger partial charge in [-0.25, -0.2) is 4.98 Å². The van der Waals surface area contributed by atoms with Crippen molar-refractivity contribution >= 4 is 11.0 Å². The van der Waals surface area contributed by atoms with Crippen molar-refractivity contribution in [2.75, 3.05) is 13.2 Å². The highest BCUT2D eigenvalue weighted by Crippen LogP contribution is 2.33. The first-order valence-electron chi connectivity index (χ1n) is 11.7. The second kappa shape index (κ2) is 12.2. The second-order valence-electron chi connectivity index (χ2n) is 8.38. The molecule has 35 heavy (non-hydrogen) atoms.